The molecule has 0 bridgehead atoms. The molecule has 0 fully saturated rings. The lowest BCUT2D eigenvalue weighted by atomic mass is 10.0. The van der Waals surface area contributed by atoms with Crippen LogP contribution in [0.15, 0.2) is 47.8 Å². The third-order valence-corrected chi connectivity index (χ3v) is 4.71. The number of allylic oxidation sites excluding steroid dienone is 1. The molecule has 2 aromatic rings. The van der Waals surface area contributed by atoms with Gasteiger partial charge in [-0.05, 0) is 59.0 Å². The van der Waals surface area contributed by atoms with Crippen LogP contribution < -0.4 is 10.6 Å². The molecule has 0 saturated carbocycles. The van der Waals surface area contributed by atoms with Crippen molar-refractivity contribution in [2.24, 2.45) is 0 Å². The highest BCUT2D eigenvalue weighted by Crippen LogP contribution is 2.27. The fraction of sp³-hybridized carbons (Fsp3) is 0. The molecule has 2 aromatic carbocycles. The van der Waals surface area contributed by atoms with Gasteiger partial charge >= 0.3 is 0 Å². The van der Waals surface area contributed by atoms with Crippen molar-refractivity contribution >= 4 is 63.2 Å². The Bertz CT molecular complexity index is 996. The van der Waals surface area contributed by atoms with Gasteiger partial charge in [0.15, 0.2) is 0 Å². The van der Waals surface area contributed by atoms with Gasteiger partial charge in [-0.25, -0.2) is 0 Å². The number of amides is 1. The summed E-state index contributed by atoms with van der Waals surface area (Å²) in [4.78, 5) is 25.0. The molecule has 3 rings (SSSR count). The van der Waals surface area contributed by atoms with Gasteiger partial charge in [-0.15, -0.1) is 0 Å². The van der Waals surface area contributed by atoms with Crippen molar-refractivity contribution in [1.82, 2.24) is 5.32 Å². The number of rotatable bonds is 2. The molecule has 0 saturated heterocycles. The van der Waals surface area contributed by atoms with Gasteiger partial charge in [-0.1, -0.05) is 23.2 Å². The van der Waals surface area contributed by atoms with Gasteiger partial charge in [0.2, 0.25) is 5.78 Å². The molecule has 0 spiro atoms. The second-order valence-electron chi connectivity index (χ2n) is 5.08. The largest absolute Gasteiger partial charge is 0.340 e. The van der Waals surface area contributed by atoms with E-state index < -0.39 is 11.7 Å². The Morgan fingerprint density at radius 3 is 2.56 bits per heavy atom. The van der Waals surface area contributed by atoms with E-state index in [1.54, 1.807) is 12.1 Å². The van der Waals surface area contributed by atoms with E-state index in [-0.39, 0.29) is 22.0 Å². The Hall–Kier alpha value is -2.08. The number of hydrogen-bond acceptors (Lipinski definition) is 4. The zero-order valence-electron chi connectivity index (χ0n) is 12.4. The van der Waals surface area contributed by atoms with Gasteiger partial charge in [-0.2, -0.15) is 5.26 Å². The lowest BCUT2D eigenvalue weighted by Crippen LogP contribution is -2.35. The molecule has 25 heavy (non-hydrogen) atoms. The highest BCUT2D eigenvalue weighted by Gasteiger charge is 2.26. The zero-order valence-corrected chi connectivity index (χ0v) is 16.0. The average Bonchev–Trinajstić information content (AvgIpc) is 2.56. The summed E-state index contributed by atoms with van der Waals surface area (Å²) >= 11 is 14.0. The molecule has 0 aliphatic carbocycles. The number of carbonyl (C=O) groups excluding carboxylic acids is 2. The second kappa shape index (κ2) is 7.04. The van der Waals surface area contributed by atoms with Crippen LogP contribution in [0, 0.1) is 14.9 Å². The Balaban J connectivity index is 2.05. The Morgan fingerprint density at radius 1 is 1.12 bits per heavy atom. The maximum atomic E-state index is 12.7. The van der Waals surface area contributed by atoms with Gasteiger partial charge < -0.3 is 10.6 Å². The van der Waals surface area contributed by atoms with Crippen molar-refractivity contribution in [1.29, 1.82) is 5.26 Å². The lowest BCUT2D eigenvalue weighted by molar-refractivity contribution is 0.0963. The van der Waals surface area contributed by atoms with Crippen molar-refractivity contribution in [3.05, 3.63) is 72.5 Å². The van der Waals surface area contributed by atoms with E-state index in [0.717, 1.165) is 3.57 Å². The molecule has 1 aliphatic heterocycles. The summed E-state index contributed by atoms with van der Waals surface area (Å²) in [5.74, 6) is -0.983. The number of halogens is 3. The second-order valence-corrected chi connectivity index (χ2v) is 7.17. The average molecular weight is 484 g/mol. The molecule has 0 atom stereocenters. The van der Waals surface area contributed by atoms with Crippen LogP contribution in [-0.4, -0.2) is 11.7 Å². The molecular weight excluding hydrogens is 476 g/mol. The van der Waals surface area contributed by atoms with Crippen molar-refractivity contribution in [3.8, 4) is 6.07 Å². The molecule has 2 N–H and O–H groups in total. The summed E-state index contributed by atoms with van der Waals surface area (Å²) in [5.41, 5.74) is 0.827. The van der Waals surface area contributed by atoms with Crippen molar-refractivity contribution in [3.63, 3.8) is 0 Å². The van der Waals surface area contributed by atoms with E-state index in [9.17, 15) is 14.9 Å². The fourth-order valence-corrected chi connectivity index (χ4v) is 3.30. The summed E-state index contributed by atoms with van der Waals surface area (Å²) in [6.07, 6.45) is 0. The van der Waals surface area contributed by atoms with Gasteiger partial charge in [0.25, 0.3) is 5.91 Å². The normalized spacial score (nSPS) is 14.7. The minimum absolute atomic E-state index is 0.0252. The predicted octanol–water partition coefficient (Wildman–Crippen LogP) is 4.37. The smallest absolute Gasteiger partial charge is 0.258 e. The first-order valence-electron chi connectivity index (χ1n) is 6.92. The number of anilines is 1. The quantitative estimate of drug-likeness (QED) is 0.287. The number of carbonyl (C=O) groups is 2. The first kappa shape index (κ1) is 17.7. The number of Topliss-reactive ketones (excluding diaryl/α,β-unsaturated/α-hetero) is 1. The third kappa shape index (κ3) is 3.49. The highest BCUT2D eigenvalue weighted by atomic mass is 127. The summed E-state index contributed by atoms with van der Waals surface area (Å²) in [6, 6.07) is 11.4. The number of benzene rings is 2. The Morgan fingerprint density at radius 2 is 1.88 bits per heavy atom. The van der Waals surface area contributed by atoms with Crippen molar-refractivity contribution < 1.29 is 9.59 Å². The zero-order chi connectivity index (χ0) is 18.1. The van der Waals surface area contributed by atoms with Crippen LogP contribution in [0.4, 0.5) is 5.69 Å². The van der Waals surface area contributed by atoms with E-state index in [2.05, 4.69) is 33.2 Å². The molecule has 124 valence electrons. The SMILES string of the molecule is N#C/C(C(=O)c1ccc(Cl)cc1Cl)=C1\NC(=O)c2cc(I)ccc2N1. The minimum atomic E-state index is -0.610. The maximum Gasteiger partial charge on any atom is 0.258 e. The van der Waals surface area contributed by atoms with E-state index in [4.69, 9.17) is 23.2 Å². The number of nitrogens with zero attached hydrogens (tertiary/aromatic N) is 1. The van der Waals surface area contributed by atoms with E-state index in [0.29, 0.717) is 16.3 Å². The van der Waals surface area contributed by atoms with E-state index >= 15 is 0 Å². The minimum Gasteiger partial charge on any atom is -0.340 e. The Labute approximate surface area is 166 Å². The molecule has 0 unspecified atom stereocenters. The van der Waals surface area contributed by atoms with Crippen LogP contribution in [0.3, 0.4) is 0 Å². The van der Waals surface area contributed by atoms with Gasteiger partial charge in [0.1, 0.15) is 17.5 Å². The van der Waals surface area contributed by atoms with Crippen molar-refractivity contribution in [2.45, 2.75) is 0 Å². The van der Waals surface area contributed by atoms with Crippen LogP contribution in [0.2, 0.25) is 10.0 Å². The summed E-state index contributed by atoms with van der Waals surface area (Å²) in [7, 11) is 0. The maximum absolute atomic E-state index is 12.7. The summed E-state index contributed by atoms with van der Waals surface area (Å²) in [5, 5.41) is 15.4. The summed E-state index contributed by atoms with van der Waals surface area (Å²) in [6.45, 7) is 0. The summed E-state index contributed by atoms with van der Waals surface area (Å²) < 4.78 is 0.894. The van der Waals surface area contributed by atoms with E-state index in [1.807, 2.05) is 12.1 Å². The molecule has 1 heterocycles. The van der Waals surface area contributed by atoms with Gasteiger partial charge in [0, 0.05) is 14.2 Å². The third-order valence-electron chi connectivity index (χ3n) is 3.49. The molecule has 5 nitrogen and oxygen atoms in total. The van der Waals surface area contributed by atoms with Crippen molar-refractivity contribution in [2.75, 3.05) is 5.32 Å². The fourth-order valence-electron chi connectivity index (χ4n) is 2.31. The van der Waals surface area contributed by atoms with Crippen LogP contribution in [0.5, 0.6) is 0 Å². The molecule has 0 aromatic heterocycles. The van der Waals surface area contributed by atoms with Crippen LogP contribution >= 0.6 is 45.8 Å². The van der Waals surface area contributed by atoms with Gasteiger partial charge in [0.05, 0.1) is 16.3 Å². The molecular formula is C17H8Cl2IN3O2. The molecule has 1 aliphatic rings. The van der Waals surface area contributed by atoms with Crippen LogP contribution in [-0.2, 0) is 0 Å². The van der Waals surface area contributed by atoms with Gasteiger partial charge in [-0.3, -0.25) is 9.59 Å². The number of nitriles is 1. The predicted molar refractivity (Wildman–Crippen MR) is 104 cm³/mol. The monoisotopic (exact) mass is 483 g/mol. The lowest BCUT2D eigenvalue weighted by Gasteiger charge is -2.22. The number of ketones is 1. The van der Waals surface area contributed by atoms with Crippen LogP contribution in [0.1, 0.15) is 20.7 Å². The number of fused-ring (bicyclic) bond motifs is 1. The molecule has 0 radical (unpaired) electrons. The molecule has 8 heteroatoms. The standard InChI is InChI=1S/C17H8Cl2IN3O2/c18-8-1-3-10(13(19)5-8)15(24)12(7-21)16-22-14-4-2-9(20)6-11(14)17(25)23-16/h1-6,22H,(H,23,25)/b16-12+. The highest BCUT2D eigenvalue weighted by molar-refractivity contribution is 14.1. The first-order valence-corrected chi connectivity index (χ1v) is 8.76. The number of nitrogens with one attached hydrogen (secondary N) is 2. The van der Waals surface area contributed by atoms with Crippen LogP contribution in [0.25, 0.3) is 0 Å². The first-order chi connectivity index (χ1) is 11.9. The Kier molecular flexibility index (Phi) is 4.99. The topological polar surface area (TPSA) is 82.0 Å². The number of hydrogen-bond donors (Lipinski definition) is 2. The molecule has 1 amide bonds. The van der Waals surface area contributed by atoms with E-state index in [1.165, 1.54) is 18.2 Å².